The van der Waals surface area contributed by atoms with Gasteiger partial charge in [-0.05, 0) is 26.0 Å². The highest BCUT2D eigenvalue weighted by Gasteiger charge is 2.39. The number of carbonyl (C=O) groups is 1. The summed E-state index contributed by atoms with van der Waals surface area (Å²) in [6.45, 7) is 1.82. The highest BCUT2D eigenvalue weighted by molar-refractivity contribution is 6.32. The number of carboxylic acid groups (broad SMARTS) is 1. The van der Waals surface area contributed by atoms with Crippen LogP contribution in [-0.4, -0.2) is 42.7 Å². The van der Waals surface area contributed by atoms with Gasteiger partial charge >= 0.3 is 17.8 Å². The van der Waals surface area contributed by atoms with E-state index in [1.165, 1.54) is 6.92 Å². The van der Waals surface area contributed by atoms with Crippen molar-refractivity contribution in [3.63, 3.8) is 0 Å². The maximum absolute atomic E-state index is 15.1. The van der Waals surface area contributed by atoms with Crippen LogP contribution >= 0.6 is 11.6 Å². The summed E-state index contributed by atoms with van der Waals surface area (Å²) in [5, 5.41) is 12.4. The largest absolute Gasteiger partial charge is 0.480 e. The van der Waals surface area contributed by atoms with Crippen molar-refractivity contribution in [2.45, 2.75) is 32.7 Å². The van der Waals surface area contributed by atoms with Gasteiger partial charge in [-0.15, -0.1) is 5.10 Å². The Labute approximate surface area is 203 Å². The predicted molar refractivity (Wildman–Crippen MR) is 115 cm³/mol. The molecule has 1 N–H and O–H groups in total. The van der Waals surface area contributed by atoms with E-state index in [1.54, 1.807) is 0 Å². The number of nitrogens with zero attached hydrogens (tertiary/aromatic N) is 4. The highest BCUT2D eigenvalue weighted by Crippen LogP contribution is 2.36. The van der Waals surface area contributed by atoms with E-state index in [1.807, 2.05) is 0 Å². The van der Waals surface area contributed by atoms with Gasteiger partial charge in [-0.2, -0.15) is 17.9 Å². The number of alkyl halides is 3. The van der Waals surface area contributed by atoms with Crippen molar-refractivity contribution in [3.8, 4) is 11.4 Å². The molecule has 0 saturated heterocycles. The lowest BCUT2D eigenvalue weighted by molar-refractivity contribution is -0.189. The van der Waals surface area contributed by atoms with Gasteiger partial charge in [0.15, 0.2) is 6.10 Å². The monoisotopic (exact) mass is 536 g/mol. The van der Waals surface area contributed by atoms with Crippen LogP contribution in [0.4, 0.5) is 26.3 Å². The van der Waals surface area contributed by atoms with Crippen LogP contribution < -0.4 is 10.4 Å². The number of carboxylic acids is 1. The maximum Gasteiger partial charge on any atom is 0.425 e. The first-order valence-corrected chi connectivity index (χ1v) is 10.3. The zero-order chi connectivity index (χ0) is 26.9. The van der Waals surface area contributed by atoms with Gasteiger partial charge in [0.1, 0.15) is 28.9 Å². The average molecular weight is 537 g/mol. The molecule has 0 aliphatic carbocycles. The smallest absolute Gasteiger partial charge is 0.425 e. The SMILES string of the molecule is CCn1c(C(=O)O)nn(-c2cc(O[C@@H](C)C(F)(F)F)c(/C(F)=C/c3c(F)cncc3Cl)cc2F)c1=O. The molecule has 1 atom stereocenters. The number of rotatable bonds is 7. The number of halogens is 7. The summed E-state index contributed by atoms with van der Waals surface area (Å²) in [6, 6.07) is 0.940. The van der Waals surface area contributed by atoms with Gasteiger partial charge in [-0.1, -0.05) is 11.6 Å². The fourth-order valence-corrected chi connectivity index (χ4v) is 3.21. The van der Waals surface area contributed by atoms with Gasteiger partial charge in [0, 0.05) is 24.4 Å². The van der Waals surface area contributed by atoms with E-state index in [0.717, 1.165) is 6.20 Å². The summed E-state index contributed by atoms with van der Waals surface area (Å²) in [4.78, 5) is 27.4. The third kappa shape index (κ3) is 5.22. The van der Waals surface area contributed by atoms with Crippen molar-refractivity contribution >= 4 is 29.5 Å². The molecule has 192 valence electrons. The molecular formula is C21H15ClF6N4O4. The standard InChI is InChI=1S/C21H15ClF6N4O4/c1-3-31-18(19(33)34)30-32(20(31)35)16-6-17(36-9(2)21(26,27)28)11(5-14(16)24)13(23)4-10-12(22)7-29-8-15(10)25/h4-9H,3H2,1-2H3,(H,33,34)/b13-4-/t9-/m0/s1. The highest BCUT2D eigenvalue weighted by atomic mass is 35.5. The molecule has 0 bridgehead atoms. The summed E-state index contributed by atoms with van der Waals surface area (Å²) < 4.78 is 89.5. The first-order valence-electron chi connectivity index (χ1n) is 9.93. The van der Waals surface area contributed by atoms with Crippen LogP contribution in [0.2, 0.25) is 5.02 Å². The molecule has 3 aromatic rings. The number of hydrogen-bond donors (Lipinski definition) is 1. The lowest BCUT2D eigenvalue weighted by Crippen LogP contribution is -2.31. The Bertz CT molecular complexity index is 1400. The van der Waals surface area contributed by atoms with Crippen LogP contribution in [0.3, 0.4) is 0 Å². The maximum atomic E-state index is 15.1. The topological polar surface area (TPSA) is 99.2 Å². The van der Waals surface area contributed by atoms with E-state index < -0.39 is 69.8 Å². The quantitative estimate of drug-likeness (QED) is 0.432. The Morgan fingerprint density at radius 2 is 1.92 bits per heavy atom. The molecule has 36 heavy (non-hydrogen) atoms. The number of benzene rings is 1. The van der Waals surface area contributed by atoms with Crippen LogP contribution in [0.5, 0.6) is 5.75 Å². The second-order valence-electron chi connectivity index (χ2n) is 7.18. The first-order chi connectivity index (χ1) is 16.8. The fraction of sp³-hybridized carbons (Fsp3) is 0.238. The van der Waals surface area contributed by atoms with Gasteiger partial charge in [0.2, 0.25) is 5.82 Å². The molecule has 1 aromatic carbocycles. The second kappa shape index (κ2) is 10.0. The Balaban J connectivity index is 2.26. The third-order valence-corrected chi connectivity index (χ3v) is 5.13. The van der Waals surface area contributed by atoms with Crippen molar-refractivity contribution in [3.05, 3.63) is 68.6 Å². The molecule has 0 aliphatic heterocycles. The summed E-state index contributed by atoms with van der Waals surface area (Å²) in [5.41, 5.74) is -3.34. The summed E-state index contributed by atoms with van der Waals surface area (Å²) >= 11 is 5.79. The van der Waals surface area contributed by atoms with Gasteiger partial charge in [-0.3, -0.25) is 9.55 Å². The fourth-order valence-electron chi connectivity index (χ4n) is 3.01. The van der Waals surface area contributed by atoms with E-state index in [0.29, 0.717) is 35.9 Å². The van der Waals surface area contributed by atoms with Crippen LogP contribution in [-0.2, 0) is 6.54 Å². The molecule has 2 aromatic heterocycles. The van der Waals surface area contributed by atoms with Crippen LogP contribution in [0.15, 0.2) is 29.3 Å². The Kier molecular flexibility index (Phi) is 7.48. The lowest BCUT2D eigenvalue weighted by Gasteiger charge is -2.20. The molecule has 3 rings (SSSR count). The van der Waals surface area contributed by atoms with Crippen molar-refractivity contribution < 1.29 is 41.0 Å². The van der Waals surface area contributed by atoms with Gasteiger partial charge in [0.05, 0.1) is 16.8 Å². The molecule has 8 nitrogen and oxygen atoms in total. The van der Waals surface area contributed by atoms with Crippen molar-refractivity contribution in [1.82, 2.24) is 19.3 Å². The van der Waals surface area contributed by atoms with E-state index >= 15 is 8.78 Å². The lowest BCUT2D eigenvalue weighted by atomic mass is 10.1. The Hall–Kier alpha value is -3.81. The molecule has 15 heteroatoms. The van der Waals surface area contributed by atoms with E-state index in [2.05, 4.69) is 10.1 Å². The second-order valence-corrected chi connectivity index (χ2v) is 7.59. The summed E-state index contributed by atoms with van der Waals surface area (Å²) in [6.07, 6.45) is -5.27. The molecule has 0 amide bonds. The van der Waals surface area contributed by atoms with Crippen molar-refractivity contribution in [2.75, 3.05) is 0 Å². The molecule has 0 aliphatic rings. The van der Waals surface area contributed by atoms with Crippen molar-refractivity contribution in [1.29, 1.82) is 0 Å². The predicted octanol–water partition coefficient (Wildman–Crippen LogP) is 4.88. The molecule has 0 spiro atoms. The zero-order valence-corrected chi connectivity index (χ0v) is 19.0. The van der Waals surface area contributed by atoms with E-state index in [4.69, 9.17) is 16.3 Å². The van der Waals surface area contributed by atoms with Gasteiger partial charge in [-0.25, -0.2) is 22.8 Å². The molecule has 0 radical (unpaired) electrons. The summed E-state index contributed by atoms with van der Waals surface area (Å²) in [7, 11) is 0. The minimum atomic E-state index is -4.93. The number of aromatic nitrogens is 4. The van der Waals surface area contributed by atoms with Crippen LogP contribution in [0.1, 0.15) is 35.6 Å². The molecule has 0 unspecified atom stereocenters. The number of hydrogen-bond acceptors (Lipinski definition) is 5. The number of pyridine rings is 1. The van der Waals surface area contributed by atoms with E-state index in [-0.39, 0.29) is 16.2 Å². The minimum absolute atomic E-state index is 0.176. The zero-order valence-electron chi connectivity index (χ0n) is 18.3. The molecule has 0 saturated carbocycles. The number of aromatic carboxylic acids is 1. The average Bonchev–Trinajstić information content (AvgIpc) is 3.12. The van der Waals surface area contributed by atoms with Gasteiger partial charge in [0.25, 0.3) is 0 Å². The van der Waals surface area contributed by atoms with E-state index in [9.17, 15) is 32.3 Å². The van der Waals surface area contributed by atoms with Gasteiger partial charge < -0.3 is 9.84 Å². The minimum Gasteiger partial charge on any atom is -0.480 e. The third-order valence-electron chi connectivity index (χ3n) is 4.83. The molecular weight excluding hydrogens is 522 g/mol. The molecule has 2 heterocycles. The van der Waals surface area contributed by atoms with Crippen molar-refractivity contribution in [2.24, 2.45) is 0 Å². The summed E-state index contributed by atoms with van der Waals surface area (Å²) in [5.74, 6) is -7.18. The Morgan fingerprint density at radius 3 is 2.44 bits per heavy atom. The van der Waals surface area contributed by atoms with Crippen LogP contribution in [0, 0.1) is 11.6 Å². The molecule has 0 fully saturated rings. The Morgan fingerprint density at radius 1 is 1.25 bits per heavy atom. The van der Waals surface area contributed by atoms with Crippen LogP contribution in [0.25, 0.3) is 17.6 Å². The number of ether oxygens (including phenoxy) is 1. The normalized spacial score (nSPS) is 13.1. The first kappa shape index (κ1) is 26.8.